The van der Waals surface area contributed by atoms with Crippen LogP contribution in [0.1, 0.15) is 22.3 Å². The topological polar surface area (TPSA) is 57.4 Å². The monoisotopic (exact) mass is 409 g/mol. The van der Waals surface area contributed by atoms with Crippen LogP contribution in [0.2, 0.25) is 10.0 Å². The van der Waals surface area contributed by atoms with Crippen molar-refractivity contribution in [1.82, 2.24) is 5.43 Å². The summed E-state index contributed by atoms with van der Waals surface area (Å²) in [5.41, 5.74) is 6.20. The highest BCUT2D eigenvalue weighted by atomic mass is 35.5. The Labute approximate surface area is 174 Å². The third-order valence-electron chi connectivity index (χ3n) is 3.94. The molecule has 0 unspecified atom stereocenters. The molecule has 0 aromatic heterocycles. The zero-order chi connectivity index (χ0) is 19.8. The molecule has 28 heavy (non-hydrogen) atoms. The number of nitriles is 1. The number of hydrazone groups is 1. The molecule has 0 heterocycles. The molecular weight excluding hydrogens is 393 g/mol. The molecule has 0 aliphatic rings. The number of benzene rings is 3. The van der Waals surface area contributed by atoms with Crippen LogP contribution in [-0.4, -0.2) is 6.21 Å². The minimum atomic E-state index is 0.388. The van der Waals surface area contributed by atoms with Gasteiger partial charge in [-0.2, -0.15) is 10.4 Å². The predicted octanol–water partition coefficient (Wildman–Crippen LogP) is 5.57. The summed E-state index contributed by atoms with van der Waals surface area (Å²) in [6.07, 6.45) is 1.70. The van der Waals surface area contributed by atoms with Gasteiger partial charge in [-0.15, -0.1) is 0 Å². The third-order valence-corrected chi connectivity index (χ3v) is 4.65. The van der Waals surface area contributed by atoms with Crippen molar-refractivity contribution in [2.45, 2.75) is 13.2 Å². The molecule has 0 radical (unpaired) electrons. The minimum Gasteiger partial charge on any atom is -0.489 e. The SMILES string of the molecule is N#Cc1cccc(COc2cccc(/C=N/NCc3c(Cl)cccc3Cl)c2)c1. The zero-order valence-electron chi connectivity index (χ0n) is 14.9. The van der Waals surface area contributed by atoms with Gasteiger partial charge in [0, 0.05) is 15.6 Å². The van der Waals surface area contributed by atoms with Gasteiger partial charge in [-0.1, -0.05) is 53.5 Å². The summed E-state index contributed by atoms with van der Waals surface area (Å²) in [6.45, 7) is 0.819. The van der Waals surface area contributed by atoms with E-state index in [1.807, 2.05) is 42.5 Å². The molecule has 0 aliphatic heterocycles. The van der Waals surface area contributed by atoms with Crippen LogP contribution in [0.5, 0.6) is 5.75 Å². The van der Waals surface area contributed by atoms with Crippen molar-refractivity contribution in [2.24, 2.45) is 5.10 Å². The first-order chi connectivity index (χ1) is 13.7. The highest BCUT2D eigenvalue weighted by molar-refractivity contribution is 6.35. The highest BCUT2D eigenvalue weighted by Crippen LogP contribution is 2.23. The summed E-state index contributed by atoms with van der Waals surface area (Å²) >= 11 is 12.3. The van der Waals surface area contributed by atoms with E-state index in [2.05, 4.69) is 16.6 Å². The number of halogens is 2. The molecule has 0 aliphatic carbocycles. The summed E-state index contributed by atoms with van der Waals surface area (Å²) < 4.78 is 5.81. The van der Waals surface area contributed by atoms with Gasteiger partial charge >= 0.3 is 0 Å². The van der Waals surface area contributed by atoms with E-state index in [1.54, 1.807) is 30.5 Å². The number of nitrogens with one attached hydrogen (secondary N) is 1. The summed E-state index contributed by atoms with van der Waals surface area (Å²) in [5.74, 6) is 0.723. The molecule has 0 bridgehead atoms. The third kappa shape index (κ3) is 5.50. The molecule has 3 rings (SSSR count). The van der Waals surface area contributed by atoms with Crippen LogP contribution in [0.4, 0.5) is 0 Å². The van der Waals surface area contributed by atoms with E-state index in [9.17, 15) is 0 Å². The summed E-state index contributed by atoms with van der Waals surface area (Å²) in [4.78, 5) is 0. The lowest BCUT2D eigenvalue weighted by Gasteiger charge is -2.08. The molecule has 6 heteroatoms. The van der Waals surface area contributed by atoms with E-state index >= 15 is 0 Å². The average Bonchev–Trinajstić information content (AvgIpc) is 2.72. The first kappa shape index (κ1) is 19.8. The lowest BCUT2D eigenvalue weighted by atomic mass is 10.1. The molecular formula is C22H17Cl2N3O. The average molecular weight is 410 g/mol. The highest BCUT2D eigenvalue weighted by Gasteiger charge is 2.04. The fourth-order valence-corrected chi connectivity index (χ4v) is 3.06. The molecule has 140 valence electrons. The van der Waals surface area contributed by atoms with Crippen molar-refractivity contribution < 1.29 is 4.74 Å². The predicted molar refractivity (Wildman–Crippen MR) is 113 cm³/mol. The number of hydrogen-bond donors (Lipinski definition) is 1. The Kier molecular flexibility index (Phi) is 6.91. The van der Waals surface area contributed by atoms with Crippen LogP contribution in [-0.2, 0) is 13.2 Å². The number of hydrogen-bond acceptors (Lipinski definition) is 4. The van der Waals surface area contributed by atoms with E-state index in [-0.39, 0.29) is 0 Å². The Morgan fingerprint density at radius 2 is 1.75 bits per heavy atom. The van der Waals surface area contributed by atoms with E-state index < -0.39 is 0 Å². The van der Waals surface area contributed by atoms with Crippen LogP contribution < -0.4 is 10.2 Å². The molecule has 0 spiro atoms. The number of nitrogens with zero attached hydrogens (tertiary/aromatic N) is 2. The van der Waals surface area contributed by atoms with Crippen LogP contribution in [0.25, 0.3) is 0 Å². The van der Waals surface area contributed by atoms with Crippen molar-refractivity contribution in [2.75, 3.05) is 0 Å². The maximum absolute atomic E-state index is 8.96. The van der Waals surface area contributed by atoms with E-state index in [4.69, 9.17) is 33.2 Å². The van der Waals surface area contributed by atoms with E-state index in [1.165, 1.54) is 0 Å². The Balaban J connectivity index is 1.57. The molecule has 3 aromatic carbocycles. The first-order valence-electron chi connectivity index (χ1n) is 8.56. The van der Waals surface area contributed by atoms with E-state index in [0.29, 0.717) is 28.8 Å². The Bertz CT molecular complexity index is 1010. The zero-order valence-corrected chi connectivity index (χ0v) is 16.4. The molecule has 0 fully saturated rings. The van der Waals surface area contributed by atoms with Crippen LogP contribution in [0.3, 0.4) is 0 Å². The van der Waals surface area contributed by atoms with Crippen LogP contribution in [0, 0.1) is 11.3 Å². The molecule has 0 atom stereocenters. The molecule has 1 N–H and O–H groups in total. The lowest BCUT2D eigenvalue weighted by molar-refractivity contribution is 0.306. The Hall–Kier alpha value is -3.00. The fraction of sp³-hybridized carbons (Fsp3) is 0.0909. The largest absolute Gasteiger partial charge is 0.489 e. The van der Waals surface area contributed by atoms with Gasteiger partial charge in [0.25, 0.3) is 0 Å². The maximum Gasteiger partial charge on any atom is 0.120 e. The van der Waals surface area contributed by atoms with Crippen molar-refractivity contribution in [3.05, 3.63) is 99.0 Å². The molecule has 4 nitrogen and oxygen atoms in total. The van der Waals surface area contributed by atoms with Crippen LogP contribution >= 0.6 is 23.2 Å². The van der Waals surface area contributed by atoms with Gasteiger partial charge in [-0.25, -0.2) is 0 Å². The van der Waals surface area contributed by atoms with Crippen molar-refractivity contribution in [1.29, 1.82) is 5.26 Å². The van der Waals surface area contributed by atoms with Gasteiger partial charge in [0.2, 0.25) is 0 Å². The smallest absolute Gasteiger partial charge is 0.120 e. The number of rotatable bonds is 7. The maximum atomic E-state index is 8.96. The van der Waals surface area contributed by atoms with Crippen molar-refractivity contribution in [3.63, 3.8) is 0 Å². The molecule has 3 aromatic rings. The van der Waals surface area contributed by atoms with Gasteiger partial charge in [-0.05, 0) is 47.5 Å². The van der Waals surface area contributed by atoms with Gasteiger partial charge < -0.3 is 10.2 Å². The van der Waals surface area contributed by atoms with Crippen molar-refractivity contribution in [3.8, 4) is 11.8 Å². The molecule has 0 saturated heterocycles. The first-order valence-corrected chi connectivity index (χ1v) is 9.32. The second-order valence-electron chi connectivity index (χ2n) is 5.97. The quantitative estimate of drug-likeness (QED) is 0.409. The summed E-state index contributed by atoms with van der Waals surface area (Å²) in [5, 5.41) is 14.4. The Morgan fingerprint density at radius 1 is 1.00 bits per heavy atom. The normalized spacial score (nSPS) is 10.6. The van der Waals surface area contributed by atoms with Crippen LogP contribution in [0.15, 0.2) is 71.8 Å². The van der Waals surface area contributed by atoms with Gasteiger partial charge in [-0.3, -0.25) is 0 Å². The van der Waals surface area contributed by atoms with Crippen molar-refractivity contribution >= 4 is 29.4 Å². The van der Waals surface area contributed by atoms with Gasteiger partial charge in [0.1, 0.15) is 12.4 Å². The molecule has 0 amide bonds. The number of ether oxygens (including phenoxy) is 1. The molecule has 0 saturated carbocycles. The fourth-order valence-electron chi connectivity index (χ4n) is 2.53. The minimum absolute atomic E-state index is 0.388. The summed E-state index contributed by atoms with van der Waals surface area (Å²) in [6, 6.07) is 22.5. The van der Waals surface area contributed by atoms with Gasteiger partial charge in [0.15, 0.2) is 0 Å². The lowest BCUT2D eigenvalue weighted by Crippen LogP contribution is -2.06. The second-order valence-corrected chi connectivity index (χ2v) is 6.78. The van der Waals surface area contributed by atoms with Gasteiger partial charge in [0.05, 0.1) is 24.4 Å². The summed E-state index contributed by atoms with van der Waals surface area (Å²) in [7, 11) is 0. The van der Waals surface area contributed by atoms with E-state index in [0.717, 1.165) is 22.4 Å². The second kappa shape index (κ2) is 9.80. The standard InChI is InChI=1S/C22H17Cl2N3O/c23-21-8-3-9-22(24)20(21)14-27-26-13-17-5-2-7-19(11-17)28-15-18-6-1-4-16(10-18)12-25/h1-11,13,27H,14-15H2/b26-13+. The Morgan fingerprint density at radius 3 is 2.54 bits per heavy atom.